The molecule has 0 saturated carbocycles. The van der Waals surface area contributed by atoms with Gasteiger partial charge in [-0.15, -0.1) is 0 Å². The van der Waals surface area contributed by atoms with E-state index in [0.717, 1.165) is 21.6 Å². The van der Waals surface area contributed by atoms with E-state index in [9.17, 15) is 0 Å². The van der Waals surface area contributed by atoms with Crippen LogP contribution in [0.3, 0.4) is 0 Å². The van der Waals surface area contributed by atoms with Gasteiger partial charge in [-0.05, 0) is 24.3 Å². The molecule has 0 fully saturated rings. The van der Waals surface area contributed by atoms with Gasteiger partial charge in [0, 0.05) is 21.6 Å². The first-order valence-electron chi connectivity index (χ1n) is 3.90. The monoisotopic (exact) mass is 192 g/mol. The lowest BCUT2D eigenvalue weighted by molar-refractivity contribution is 1.37. The van der Waals surface area contributed by atoms with Gasteiger partial charge in [-0.3, -0.25) is 0 Å². The van der Waals surface area contributed by atoms with Gasteiger partial charge in [-0.1, -0.05) is 18.2 Å². The highest BCUT2D eigenvalue weighted by atomic mass is 35.5. The van der Waals surface area contributed by atoms with E-state index >= 15 is 0 Å². The van der Waals surface area contributed by atoms with E-state index in [1.165, 1.54) is 0 Å². The van der Waals surface area contributed by atoms with Crippen LogP contribution in [0, 0.1) is 0 Å². The topological polar surface area (TPSA) is 41.8 Å². The summed E-state index contributed by atoms with van der Waals surface area (Å²) in [6, 6.07) is 7.58. The van der Waals surface area contributed by atoms with Crippen molar-refractivity contribution in [2.24, 2.45) is 5.73 Å². The maximum absolute atomic E-state index is 5.84. The Kier molecular flexibility index (Phi) is 1.78. The van der Waals surface area contributed by atoms with E-state index in [2.05, 4.69) is 11.6 Å². The zero-order valence-corrected chi connectivity index (χ0v) is 7.73. The summed E-state index contributed by atoms with van der Waals surface area (Å²) in [6.45, 7) is 3.66. The lowest BCUT2D eigenvalue weighted by Crippen LogP contribution is -1.92. The molecule has 0 saturated heterocycles. The average molecular weight is 193 g/mol. The van der Waals surface area contributed by atoms with Gasteiger partial charge >= 0.3 is 0 Å². The quantitative estimate of drug-likeness (QED) is 0.717. The number of halogens is 1. The summed E-state index contributed by atoms with van der Waals surface area (Å²) in [5.74, 6) is 0. The summed E-state index contributed by atoms with van der Waals surface area (Å²) in [6.07, 6.45) is 0. The molecule has 0 aliphatic carbocycles. The number of aromatic amines is 1. The highest BCUT2D eigenvalue weighted by molar-refractivity contribution is 6.31. The first-order chi connectivity index (χ1) is 6.16. The second-order valence-electron chi connectivity index (χ2n) is 2.94. The third kappa shape index (κ3) is 1.40. The van der Waals surface area contributed by atoms with Crippen LogP contribution >= 0.6 is 11.6 Å². The number of hydrogen-bond donors (Lipinski definition) is 2. The molecular weight excluding hydrogens is 184 g/mol. The van der Waals surface area contributed by atoms with Crippen LogP contribution in [0.2, 0.25) is 5.02 Å². The van der Waals surface area contributed by atoms with Crippen LogP contribution in [-0.2, 0) is 0 Å². The molecule has 0 spiro atoms. The van der Waals surface area contributed by atoms with Crippen molar-refractivity contribution in [2.45, 2.75) is 0 Å². The van der Waals surface area contributed by atoms with E-state index in [1.54, 1.807) is 0 Å². The Labute approximate surface area is 81.0 Å². The highest BCUT2D eigenvalue weighted by Crippen LogP contribution is 2.21. The number of aromatic nitrogens is 1. The molecule has 0 unspecified atom stereocenters. The molecule has 1 aromatic heterocycles. The van der Waals surface area contributed by atoms with Crippen molar-refractivity contribution in [3.05, 3.63) is 41.6 Å². The zero-order valence-electron chi connectivity index (χ0n) is 6.97. The predicted molar refractivity (Wildman–Crippen MR) is 56.5 cm³/mol. The van der Waals surface area contributed by atoms with E-state index in [-0.39, 0.29) is 0 Å². The SMILES string of the molecule is C=C(N)c1cc2cc(Cl)ccc2[nH]1. The molecular formula is C10H9ClN2. The highest BCUT2D eigenvalue weighted by Gasteiger charge is 2.01. The number of hydrogen-bond acceptors (Lipinski definition) is 1. The van der Waals surface area contributed by atoms with Gasteiger partial charge < -0.3 is 10.7 Å². The summed E-state index contributed by atoms with van der Waals surface area (Å²) in [4.78, 5) is 3.14. The van der Waals surface area contributed by atoms with E-state index in [0.29, 0.717) is 5.70 Å². The predicted octanol–water partition coefficient (Wildman–Crippen LogP) is 2.75. The minimum absolute atomic E-state index is 0.535. The summed E-state index contributed by atoms with van der Waals surface area (Å²) in [7, 11) is 0. The molecule has 0 radical (unpaired) electrons. The minimum atomic E-state index is 0.535. The standard InChI is InChI=1S/C10H9ClN2/c1-6(12)10-5-7-4-8(11)2-3-9(7)13-10/h2-5,13H,1,12H2. The van der Waals surface area contributed by atoms with Crippen LogP contribution in [0.1, 0.15) is 5.69 Å². The Bertz CT molecular complexity index is 471. The van der Waals surface area contributed by atoms with E-state index < -0.39 is 0 Å². The van der Waals surface area contributed by atoms with Crippen LogP contribution in [0.5, 0.6) is 0 Å². The van der Waals surface area contributed by atoms with Crippen molar-refractivity contribution in [1.82, 2.24) is 4.98 Å². The van der Waals surface area contributed by atoms with Gasteiger partial charge in [-0.2, -0.15) is 0 Å². The maximum atomic E-state index is 5.84. The fourth-order valence-corrected chi connectivity index (χ4v) is 1.46. The Morgan fingerprint density at radius 3 is 2.85 bits per heavy atom. The Hall–Kier alpha value is -1.41. The van der Waals surface area contributed by atoms with Crippen LogP contribution in [0.4, 0.5) is 0 Å². The zero-order chi connectivity index (χ0) is 9.42. The number of benzene rings is 1. The summed E-state index contributed by atoms with van der Waals surface area (Å²) in [5.41, 5.74) is 7.96. The maximum Gasteiger partial charge on any atom is 0.0618 e. The van der Waals surface area contributed by atoms with Crippen molar-refractivity contribution in [3.63, 3.8) is 0 Å². The van der Waals surface area contributed by atoms with Gasteiger partial charge in [-0.25, -0.2) is 0 Å². The summed E-state index contributed by atoms with van der Waals surface area (Å²) in [5, 5.41) is 1.77. The molecule has 0 amide bonds. The Morgan fingerprint density at radius 2 is 2.15 bits per heavy atom. The van der Waals surface area contributed by atoms with E-state index in [4.69, 9.17) is 17.3 Å². The molecule has 2 rings (SSSR count). The van der Waals surface area contributed by atoms with Gasteiger partial charge in [0.25, 0.3) is 0 Å². The number of H-pyrrole nitrogens is 1. The number of nitrogens with two attached hydrogens (primary N) is 1. The number of fused-ring (bicyclic) bond motifs is 1. The number of rotatable bonds is 1. The lowest BCUT2D eigenvalue weighted by atomic mass is 10.2. The molecule has 0 atom stereocenters. The van der Waals surface area contributed by atoms with Crippen molar-refractivity contribution in [2.75, 3.05) is 0 Å². The van der Waals surface area contributed by atoms with Gasteiger partial charge in [0.2, 0.25) is 0 Å². The normalized spacial score (nSPS) is 10.5. The third-order valence-electron chi connectivity index (χ3n) is 1.93. The second-order valence-corrected chi connectivity index (χ2v) is 3.38. The van der Waals surface area contributed by atoms with Crippen LogP contribution in [0.15, 0.2) is 30.8 Å². The molecule has 1 aromatic carbocycles. The van der Waals surface area contributed by atoms with Gasteiger partial charge in [0.05, 0.1) is 5.69 Å². The lowest BCUT2D eigenvalue weighted by Gasteiger charge is -1.90. The van der Waals surface area contributed by atoms with E-state index in [1.807, 2.05) is 24.3 Å². The molecule has 3 N–H and O–H groups in total. The first-order valence-corrected chi connectivity index (χ1v) is 4.27. The van der Waals surface area contributed by atoms with Crippen molar-refractivity contribution in [1.29, 1.82) is 0 Å². The van der Waals surface area contributed by atoms with Crippen LogP contribution in [-0.4, -0.2) is 4.98 Å². The Morgan fingerprint density at radius 1 is 1.38 bits per heavy atom. The fourth-order valence-electron chi connectivity index (χ4n) is 1.28. The van der Waals surface area contributed by atoms with Crippen LogP contribution in [0.25, 0.3) is 16.6 Å². The molecule has 0 aliphatic heterocycles. The largest absolute Gasteiger partial charge is 0.398 e. The molecule has 0 bridgehead atoms. The number of nitrogens with one attached hydrogen (secondary N) is 1. The Balaban J connectivity index is 2.68. The molecule has 0 aliphatic rings. The molecule has 13 heavy (non-hydrogen) atoms. The minimum Gasteiger partial charge on any atom is -0.398 e. The van der Waals surface area contributed by atoms with Gasteiger partial charge in [0.1, 0.15) is 0 Å². The molecule has 3 heteroatoms. The van der Waals surface area contributed by atoms with Crippen molar-refractivity contribution >= 4 is 28.2 Å². The molecule has 2 nitrogen and oxygen atoms in total. The van der Waals surface area contributed by atoms with Crippen molar-refractivity contribution < 1.29 is 0 Å². The second kappa shape index (κ2) is 2.82. The van der Waals surface area contributed by atoms with Gasteiger partial charge in [0.15, 0.2) is 0 Å². The third-order valence-corrected chi connectivity index (χ3v) is 2.16. The summed E-state index contributed by atoms with van der Waals surface area (Å²) >= 11 is 5.84. The molecule has 1 heterocycles. The average Bonchev–Trinajstić information content (AvgIpc) is 2.46. The molecule has 66 valence electrons. The van der Waals surface area contributed by atoms with Crippen LogP contribution < -0.4 is 5.73 Å². The van der Waals surface area contributed by atoms with Crippen molar-refractivity contribution in [3.8, 4) is 0 Å². The first kappa shape index (κ1) is 8.20. The summed E-state index contributed by atoms with van der Waals surface area (Å²) < 4.78 is 0. The fraction of sp³-hybridized carbons (Fsp3) is 0. The molecule has 2 aromatic rings. The smallest absolute Gasteiger partial charge is 0.0618 e.